The Bertz CT molecular complexity index is 2110. The van der Waals surface area contributed by atoms with E-state index in [4.69, 9.17) is 4.74 Å². The average molecular weight is 784 g/mol. The number of hydrogen-bond acceptors (Lipinski definition) is 12. The van der Waals surface area contributed by atoms with Crippen LogP contribution >= 0.6 is 43.2 Å². The number of carbonyl (C=O) groups excluding carboxylic acids is 5. The smallest absolute Gasteiger partial charge is 0.303 e. The van der Waals surface area contributed by atoms with Crippen LogP contribution in [0.1, 0.15) is 50.3 Å². The highest BCUT2D eigenvalue weighted by atomic mass is 33.1. The van der Waals surface area contributed by atoms with Crippen LogP contribution in [-0.2, 0) is 46.0 Å². The standard InChI is InChI=1S/C35H34FN5O7S4/c1-6-30-26(44)40-22-14-17-12-13-18(36)15-20(17)32(22,23(43)34(40,51-49-30)28(46)38(30)4)33-19-10-8-9-11-21(19)37-25(33)41-27(45)31(7-2)39(5)29(47)35(41,52-50-31)24(33)48-16(3)42/h8-13,15,22-25,37,43H,6-7,14H2,1-5H3/t22-,23-,24-,25+,30-,31-,32-,33+,34-,35-/m0/s1. The first-order valence-corrected chi connectivity index (χ1v) is 21.5. The molecule has 4 bridgehead atoms. The number of piperazine rings is 2. The van der Waals surface area contributed by atoms with Crippen molar-refractivity contribution in [1.29, 1.82) is 0 Å². The predicted octanol–water partition coefficient (Wildman–Crippen LogP) is 2.99. The first-order chi connectivity index (χ1) is 24.7. The maximum atomic E-state index is 15.9. The van der Waals surface area contributed by atoms with Gasteiger partial charge in [-0.15, -0.1) is 0 Å². The van der Waals surface area contributed by atoms with Gasteiger partial charge >= 0.3 is 5.97 Å². The highest BCUT2D eigenvalue weighted by Gasteiger charge is 2.93. The summed E-state index contributed by atoms with van der Waals surface area (Å²) in [6, 6.07) is 10.6. The second kappa shape index (κ2) is 9.94. The molecular weight excluding hydrogens is 750 g/mol. The molecule has 12 nitrogen and oxygen atoms in total. The number of aliphatic hydroxyl groups is 1. The van der Waals surface area contributed by atoms with Gasteiger partial charge in [-0.1, -0.05) is 59.7 Å². The lowest BCUT2D eigenvalue weighted by Crippen LogP contribution is -2.78. The average Bonchev–Trinajstić information content (AvgIpc) is 3.78. The first kappa shape index (κ1) is 33.4. The number of fused-ring (bicyclic) bond motifs is 11. The molecule has 0 aromatic heterocycles. The number of nitrogens with zero attached hydrogens (tertiary/aromatic N) is 4. The summed E-state index contributed by atoms with van der Waals surface area (Å²) in [7, 11) is 7.92. The van der Waals surface area contributed by atoms with Crippen LogP contribution in [0.5, 0.6) is 0 Å². The largest absolute Gasteiger partial charge is 0.457 e. The summed E-state index contributed by atoms with van der Waals surface area (Å²) in [6.45, 7) is 4.91. The number of nitrogens with one attached hydrogen (secondary N) is 1. The Morgan fingerprint density at radius 2 is 1.48 bits per heavy atom. The maximum Gasteiger partial charge on any atom is 0.303 e. The lowest BCUT2D eigenvalue weighted by molar-refractivity contribution is -0.172. The molecule has 2 spiro atoms. The van der Waals surface area contributed by atoms with Crippen LogP contribution in [0.3, 0.4) is 0 Å². The number of rotatable bonds is 4. The van der Waals surface area contributed by atoms with Gasteiger partial charge in [-0.05, 0) is 75.7 Å². The van der Waals surface area contributed by atoms with Crippen molar-refractivity contribution >= 4 is 78.5 Å². The fourth-order valence-corrected chi connectivity index (χ4v) is 19.2. The van der Waals surface area contributed by atoms with Gasteiger partial charge in [-0.2, -0.15) is 0 Å². The molecule has 12 rings (SSSR count). The van der Waals surface area contributed by atoms with E-state index in [0.29, 0.717) is 28.8 Å². The van der Waals surface area contributed by atoms with Crippen molar-refractivity contribution < 1.29 is 38.2 Å². The van der Waals surface area contributed by atoms with E-state index in [0.717, 1.165) is 21.6 Å². The fourth-order valence-electron chi connectivity index (χ4n) is 11.3. The van der Waals surface area contributed by atoms with Crippen molar-refractivity contribution in [3.05, 3.63) is 65.0 Å². The highest BCUT2D eigenvalue weighted by molar-refractivity contribution is 8.78. The van der Waals surface area contributed by atoms with E-state index >= 15 is 18.8 Å². The Morgan fingerprint density at radius 3 is 2.13 bits per heavy atom. The number of halogens is 1. The molecule has 4 amide bonds. The van der Waals surface area contributed by atoms with Crippen LogP contribution < -0.4 is 5.32 Å². The van der Waals surface area contributed by atoms with E-state index in [1.807, 2.05) is 32.0 Å². The van der Waals surface area contributed by atoms with E-state index in [-0.39, 0.29) is 24.7 Å². The number of hydrogen-bond donors (Lipinski definition) is 2. The van der Waals surface area contributed by atoms with Crippen molar-refractivity contribution in [3.63, 3.8) is 0 Å². The Balaban J connectivity index is 1.38. The lowest BCUT2D eigenvalue weighted by atomic mass is 9.51. The normalized spacial score (nSPS) is 43.0. The lowest BCUT2D eigenvalue weighted by Gasteiger charge is -2.59. The summed E-state index contributed by atoms with van der Waals surface area (Å²) < 4.78 is 22.4. The molecular formula is C35H34FN5O7S4. The van der Waals surface area contributed by atoms with E-state index in [1.165, 1.54) is 60.2 Å². The molecule has 2 N–H and O–H groups in total. The number of likely N-dealkylation sites (N-methyl/N-ethyl adjacent to an activating group) is 2. The van der Waals surface area contributed by atoms with E-state index in [1.54, 1.807) is 26.2 Å². The Kier molecular flexibility index (Phi) is 6.40. The second-order valence-corrected chi connectivity index (χ2v) is 20.1. The molecule has 8 fully saturated rings. The van der Waals surface area contributed by atoms with Gasteiger partial charge in [-0.3, -0.25) is 28.9 Å². The number of aliphatic hydroxyl groups excluding tert-OH is 1. The molecule has 8 saturated heterocycles. The number of carbonyl (C=O) groups is 5. The zero-order chi connectivity index (χ0) is 36.7. The molecule has 2 aromatic rings. The minimum Gasteiger partial charge on any atom is -0.457 e. The van der Waals surface area contributed by atoms with Gasteiger partial charge in [0.1, 0.15) is 18.1 Å². The Hall–Kier alpha value is -3.12. The van der Waals surface area contributed by atoms with Crippen molar-refractivity contribution in [1.82, 2.24) is 19.6 Å². The number of amides is 4. The summed E-state index contributed by atoms with van der Waals surface area (Å²) in [5, 5.41) is 17.2. The van der Waals surface area contributed by atoms with Crippen molar-refractivity contribution in [2.24, 2.45) is 0 Å². The number of anilines is 1. The summed E-state index contributed by atoms with van der Waals surface area (Å²) in [5.74, 6) is -2.98. The molecule has 272 valence electrons. The number of benzene rings is 2. The van der Waals surface area contributed by atoms with E-state index in [2.05, 4.69) is 5.32 Å². The van der Waals surface area contributed by atoms with E-state index < -0.39 is 78.3 Å². The molecule has 10 aliphatic rings. The quantitative estimate of drug-likeness (QED) is 0.348. The zero-order valence-corrected chi connectivity index (χ0v) is 31.9. The van der Waals surface area contributed by atoms with Crippen molar-refractivity contribution in [2.45, 2.75) is 94.8 Å². The van der Waals surface area contributed by atoms with Crippen molar-refractivity contribution in [3.8, 4) is 0 Å². The van der Waals surface area contributed by atoms with Crippen LogP contribution in [0.25, 0.3) is 0 Å². The molecule has 0 saturated carbocycles. The fraction of sp³-hybridized carbons (Fsp3) is 0.514. The third-order valence-electron chi connectivity index (χ3n) is 13.4. The third-order valence-corrected chi connectivity index (χ3v) is 20.9. The predicted molar refractivity (Wildman–Crippen MR) is 194 cm³/mol. The van der Waals surface area contributed by atoms with E-state index in [9.17, 15) is 14.7 Å². The van der Waals surface area contributed by atoms with Crippen molar-refractivity contribution in [2.75, 3.05) is 19.4 Å². The van der Waals surface area contributed by atoms with Gasteiger partial charge < -0.3 is 29.9 Å². The van der Waals surface area contributed by atoms with Gasteiger partial charge in [-0.25, -0.2) is 4.39 Å². The van der Waals surface area contributed by atoms with Crippen LogP contribution in [0, 0.1) is 5.82 Å². The molecule has 52 heavy (non-hydrogen) atoms. The second-order valence-electron chi connectivity index (χ2n) is 14.8. The van der Waals surface area contributed by atoms with Gasteiger partial charge in [0, 0.05) is 26.7 Å². The summed E-state index contributed by atoms with van der Waals surface area (Å²) >= 11 is 0. The molecule has 10 atom stereocenters. The zero-order valence-electron chi connectivity index (χ0n) is 28.7. The van der Waals surface area contributed by atoms with Gasteiger partial charge in [0.25, 0.3) is 23.6 Å². The van der Waals surface area contributed by atoms with Gasteiger partial charge in [0.05, 0.1) is 16.9 Å². The summed E-state index contributed by atoms with van der Waals surface area (Å²) in [6.07, 6.45) is -3.63. The molecule has 0 unspecified atom stereocenters. The Labute approximate surface area is 314 Å². The van der Waals surface area contributed by atoms with Crippen LogP contribution in [-0.4, -0.2) is 112 Å². The van der Waals surface area contributed by atoms with Crippen LogP contribution in [0.2, 0.25) is 0 Å². The molecule has 2 aromatic carbocycles. The first-order valence-electron chi connectivity index (χ1n) is 17.2. The molecule has 1 aliphatic carbocycles. The third kappa shape index (κ3) is 2.98. The summed E-state index contributed by atoms with van der Waals surface area (Å²) in [5.41, 5.74) is -1.47. The monoisotopic (exact) mass is 783 g/mol. The molecule has 9 heterocycles. The van der Waals surface area contributed by atoms with Crippen LogP contribution in [0.4, 0.5) is 10.1 Å². The summed E-state index contributed by atoms with van der Waals surface area (Å²) in [4.78, 5) is 73.5. The van der Waals surface area contributed by atoms with Gasteiger partial charge in [0.2, 0.25) is 9.74 Å². The Morgan fingerprint density at radius 1 is 0.865 bits per heavy atom. The minimum atomic E-state index is -1.87. The number of esters is 1. The topological polar surface area (TPSA) is 140 Å². The molecule has 0 radical (unpaired) electrons. The number of para-hydroxylation sites is 1. The highest BCUT2D eigenvalue weighted by Crippen LogP contribution is 2.79. The minimum absolute atomic E-state index is 0.140. The SMILES string of the molecule is CC[C@@]12SS[C@]3(C(=O)N1C)[C@@H](O)[C@]1([C@@]45c6ccccc6N[C@@H]4N4C(=O)[C@]6(CC)SS[C@]4(C(=O)N6C)[C@H]5OC(C)=O)c4cc(F)ccc4C[C@@H]1N3C2=O. The molecule has 9 aliphatic heterocycles. The molecule has 17 heteroatoms. The number of ether oxygens (including phenoxy) is 1. The van der Waals surface area contributed by atoms with Gasteiger partial charge in [0.15, 0.2) is 15.8 Å². The maximum absolute atomic E-state index is 15.9. The van der Waals surface area contributed by atoms with Crippen LogP contribution in [0.15, 0.2) is 42.5 Å².